The predicted octanol–water partition coefficient (Wildman–Crippen LogP) is 3.60. The summed E-state index contributed by atoms with van der Waals surface area (Å²) in [6, 6.07) is 4.07. The van der Waals surface area contributed by atoms with Crippen LogP contribution in [0.2, 0.25) is 5.02 Å². The van der Waals surface area contributed by atoms with Gasteiger partial charge in [-0.15, -0.1) is 0 Å². The third-order valence-corrected chi connectivity index (χ3v) is 5.89. The Morgan fingerprint density at radius 2 is 1.64 bits per heavy atom. The lowest BCUT2D eigenvalue weighted by atomic mass is 9.93. The Hall–Kier alpha value is -1.27. The van der Waals surface area contributed by atoms with Crippen LogP contribution in [0.25, 0.3) is 0 Å². The highest BCUT2D eigenvalue weighted by molar-refractivity contribution is 7.92. The number of hydrogen-bond donors (Lipinski definition) is 1. The van der Waals surface area contributed by atoms with E-state index < -0.39 is 16.1 Å². The van der Waals surface area contributed by atoms with Crippen molar-refractivity contribution in [2.45, 2.75) is 53.6 Å². The van der Waals surface area contributed by atoms with E-state index in [0.717, 1.165) is 16.1 Å². The molecule has 0 saturated heterocycles. The summed E-state index contributed by atoms with van der Waals surface area (Å²) in [5, 5.41) is 3.45. The van der Waals surface area contributed by atoms with Gasteiger partial charge in [-0.25, -0.2) is 8.42 Å². The van der Waals surface area contributed by atoms with E-state index in [1.807, 2.05) is 34.6 Å². The minimum Gasteiger partial charge on any atom is -0.351 e. The molecule has 0 radical (unpaired) electrons. The second kappa shape index (κ2) is 8.41. The number of hydrogen-bond acceptors (Lipinski definition) is 3. The lowest BCUT2D eigenvalue weighted by Gasteiger charge is -2.32. The molecule has 1 aromatic rings. The maximum Gasteiger partial charge on any atom is 0.243 e. The van der Waals surface area contributed by atoms with Crippen LogP contribution in [0.4, 0.5) is 5.69 Å². The minimum absolute atomic E-state index is 0.0297. The fourth-order valence-electron chi connectivity index (χ4n) is 2.92. The van der Waals surface area contributed by atoms with E-state index >= 15 is 0 Å². The van der Waals surface area contributed by atoms with Gasteiger partial charge in [0.1, 0.15) is 6.04 Å². The van der Waals surface area contributed by atoms with Gasteiger partial charge in [0.25, 0.3) is 0 Å². The lowest BCUT2D eigenvalue weighted by molar-refractivity contribution is -0.123. The predicted molar refractivity (Wildman–Crippen MR) is 105 cm³/mol. The molecule has 0 aliphatic heterocycles. The number of nitrogens with one attached hydrogen (secondary N) is 1. The SMILES string of the molecule is Cc1ccc(N([C@H](C)C(=O)NC(C(C)C)C(C)C)S(C)(=O)=O)cc1Cl. The maximum absolute atomic E-state index is 12.7. The maximum atomic E-state index is 12.7. The van der Waals surface area contributed by atoms with Gasteiger partial charge >= 0.3 is 0 Å². The molecule has 1 amide bonds. The van der Waals surface area contributed by atoms with Crippen LogP contribution in [0.15, 0.2) is 18.2 Å². The summed E-state index contributed by atoms with van der Waals surface area (Å²) in [7, 11) is -3.65. The average Bonchev–Trinajstić information content (AvgIpc) is 2.46. The normalized spacial score (nSPS) is 13.4. The first-order valence-electron chi connectivity index (χ1n) is 8.42. The molecule has 7 heteroatoms. The van der Waals surface area contributed by atoms with E-state index in [1.54, 1.807) is 25.1 Å². The zero-order valence-electron chi connectivity index (χ0n) is 16.0. The number of amides is 1. The number of carbonyl (C=O) groups is 1. The van der Waals surface area contributed by atoms with Crippen LogP contribution in [0.5, 0.6) is 0 Å². The highest BCUT2D eigenvalue weighted by atomic mass is 35.5. The van der Waals surface area contributed by atoms with Gasteiger partial charge in [-0.05, 0) is 43.4 Å². The average molecular weight is 389 g/mol. The van der Waals surface area contributed by atoms with Crippen LogP contribution in [-0.4, -0.2) is 32.7 Å². The van der Waals surface area contributed by atoms with Crippen LogP contribution < -0.4 is 9.62 Å². The van der Waals surface area contributed by atoms with Crippen molar-refractivity contribution in [2.24, 2.45) is 11.8 Å². The Labute approximate surface area is 156 Å². The minimum atomic E-state index is -3.65. The number of sulfonamides is 1. The molecular weight excluding hydrogens is 360 g/mol. The van der Waals surface area contributed by atoms with Gasteiger partial charge in [0, 0.05) is 11.1 Å². The van der Waals surface area contributed by atoms with E-state index in [-0.39, 0.29) is 23.8 Å². The van der Waals surface area contributed by atoms with Crippen molar-refractivity contribution in [3.8, 4) is 0 Å². The van der Waals surface area contributed by atoms with E-state index in [4.69, 9.17) is 11.6 Å². The smallest absolute Gasteiger partial charge is 0.243 e. The van der Waals surface area contributed by atoms with Crippen molar-refractivity contribution >= 4 is 33.2 Å². The molecule has 0 aliphatic carbocycles. The van der Waals surface area contributed by atoms with E-state index in [2.05, 4.69) is 5.32 Å². The van der Waals surface area contributed by atoms with Crippen LogP contribution in [0.1, 0.15) is 40.2 Å². The largest absolute Gasteiger partial charge is 0.351 e. The summed E-state index contributed by atoms with van der Waals surface area (Å²) in [6.07, 6.45) is 1.09. The molecule has 1 rings (SSSR count). The van der Waals surface area contributed by atoms with Gasteiger partial charge in [0.15, 0.2) is 0 Å². The summed E-state index contributed by atoms with van der Waals surface area (Å²) < 4.78 is 25.8. The van der Waals surface area contributed by atoms with Gasteiger partial charge in [-0.3, -0.25) is 9.10 Å². The van der Waals surface area contributed by atoms with Crippen molar-refractivity contribution in [3.63, 3.8) is 0 Å². The zero-order valence-corrected chi connectivity index (χ0v) is 17.6. The van der Waals surface area contributed by atoms with Gasteiger partial charge in [-0.1, -0.05) is 45.4 Å². The van der Waals surface area contributed by atoms with Crippen LogP contribution in [0, 0.1) is 18.8 Å². The molecule has 1 atom stereocenters. The Bertz CT molecular complexity index is 709. The monoisotopic (exact) mass is 388 g/mol. The molecular formula is C18H29ClN2O3S. The molecule has 0 heterocycles. The summed E-state index contributed by atoms with van der Waals surface area (Å²) in [6.45, 7) is 11.5. The van der Waals surface area contributed by atoms with Gasteiger partial charge < -0.3 is 5.32 Å². The van der Waals surface area contributed by atoms with E-state index in [9.17, 15) is 13.2 Å². The number of nitrogens with zero attached hydrogens (tertiary/aromatic N) is 1. The fraction of sp³-hybridized carbons (Fsp3) is 0.611. The third kappa shape index (κ3) is 5.61. The van der Waals surface area contributed by atoms with E-state index in [1.165, 1.54) is 0 Å². The second-order valence-electron chi connectivity index (χ2n) is 7.19. The Morgan fingerprint density at radius 3 is 2.04 bits per heavy atom. The van der Waals surface area contributed by atoms with Gasteiger partial charge in [0.05, 0.1) is 11.9 Å². The topological polar surface area (TPSA) is 66.5 Å². The first-order valence-corrected chi connectivity index (χ1v) is 10.6. The lowest BCUT2D eigenvalue weighted by Crippen LogP contribution is -2.52. The highest BCUT2D eigenvalue weighted by Crippen LogP contribution is 2.27. The van der Waals surface area contributed by atoms with Crippen molar-refractivity contribution < 1.29 is 13.2 Å². The van der Waals surface area contributed by atoms with Crippen molar-refractivity contribution in [2.75, 3.05) is 10.6 Å². The van der Waals surface area contributed by atoms with Crippen LogP contribution in [-0.2, 0) is 14.8 Å². The quantitative estimate of drug-likeness (QED) is 0.775. The second-order valence-corrected chi connectivity index (χ2v) is 9.46. The number of anilines is 1. The molecule has 25 heavy (non-hydrogen) atoms. The molecule has 0 aromatic heterocycles. The molecule has 1 aromatic carbocycles. The molecule has 0 bridgehead atoms. The summed E-state index contributed by atoms with van der Waals surface area (Å²) >= 11 is 6.14. The van der Waals surface area contributed by atoms with E-state index in [0.29, 0.717) is 10.7 Å². The number of aryl methyl sites for hydroxylation is 1. The number of halogens is 1. The molecule has 1 N–H and O–H groups in total. The van der Waals surface area contributed by atoms with Crippen LogP contribution in [0.3, 0.4) is 0 Å². The highest BCUT2D eigenvalue weighted by Gasteiger charge is 2.31. The Morgan fingerprint density at radius 1 is 1.12 bits per heavy atom. The summed E-state index contributed by atoms with van der Waals surface area (Å²) in [4.78, 5) is 12.7. The molecule has 0 unspecified atom stereocenters. The number of benzene rings is 1. The zero-order chi connectivity index (χ0) is 19.5. The first-order chi connectivity index (χ1) is 11.4. The van der Waals surface area contributed by atoms with Gasteiger partial charge in [0.2, 0.25) is 15.9 Å². The van der Waals surface area contributed by atoms with Crippen molar-refractivity contribution in [3.05, 3.63) is 28.8 Å². The Kier molecular flexibility index (Phi) is 7.32. The molecule has 0 saturated carbocycles. The standard InChI is InChI=1S/C18H29ClN2O3S/c1-11(2)17(12(3)4)20-18(22)14(6)21(25(7,23)24)15-9-8-13(5)16(19)10-15/h8-12,14,17H,1-7H3,(H,20,22)/t14-/m1/s1. The fourth-order valence-corrected chi connectivity index (χ4v) is 4.26. The Balaban J connectivity index is 3.19. The molecule has 0 spiro atoms. The van der Waals surface area contributed by atoms with Crippen LogP contribution >= 0.6 is 11.6 Å². The van der Waals surface area contributed by atoms with Crippen molar-refractivity contribution in [1.29, 1.82) is 0 Å². The number of carbonyl (C=O) groups excluding carboxylic acids is 1. The van der Waals surface area contributed by atoms with Crippen molar-refractivity contribution in [1.82, 2.24) is 5.32 Å². The first kappa shape index (κ1) is 21.8. The summed E-state index contributed by atoms with van der Waals surface area (Å²) in [5.41, 5.74) is 1.22. The molecule has 142 valence electrons. The third-order valence-electron chi connectivity index (χ3n) is 4.24. The molecule has 0 aliphatic rings. The number of rotatable bonds is 7. The summed E-state index contributed by atoms with van der Waals surface area (Å²) in [5.74, 6) is 0.169. The van der Waals surface area contributed by atoms with Gasteiger partial charge in [-0.2, -0.15) is 0 Å². The molecule has 5 nitrogen and oxygen atoms in total. The molecule has 0 fully saturated rings.